The molecule has 6 atom stereocenters. The van der Waals surface area contributed by atoms with Gasteiger partial charge < -0.3 is 30.1 Å². The molecule has 0 aliphatic carbocycles. The number of ether oxygens (including phenoxy) is 1. The number of guanidine groups is 1. The van der Waals surface area contributed by atoms with E-state index in [0.29, 0.717) is 16.9 Å². The Hall–Kier alpha value is -3.12. The van der Waals surface area contributed by atoms with Crippen molar-refractivity contribution < 1.29 is 46.1 Å². The lowest BCUT2D eigenvalue weighted by Gasteiger charge is -2.24. The highest BCUT2D eigenvalue weighted by molar-refractivity contribution is 7.47. The van der Waals surface area contributed by atoms with Crippen LogP contribution in [0, 0.1) is 0 Å². The first-order valence-corrected chi connectivity index (χ1v) is 14.6. The molecule has 0 spiro atoms. The molecule has 6 rings (SSSR count). The summed E-state index contributed by atoms with van der Waals surface area (Å²) in [6.07, 6.45) is -3.07. The number of nitrogens with one attached hydrogen (secondary N) is 1. The standard InChI is InChI=1S/C19H22FN9O9P2/c1-9-14-17(27-19(21)25-9)29(8-24-14)18-15-13(20)11(37-18)5-35-39(30,31)34-3-2-28-12(6-36-40(32,33)38-15)26-10-4-22-7-23-16(10)28/h4,7-8,11,13,15,18H,1-3,5-6H2,(H,30,31)(H,32,33)(H3,21,25,27)/t11-,13-,15-,18-/m1/s1. The van der Waals surface area contributed by atoms with Gasteiger partial charge in [-0.3, -0.25) is 22.7 Å². The summed E-state index contributed by atoms with van der Waals surface area (Å²) in [5, 5.41) is 2.70. The van der Waals surface area contributed by atoms with Crippen molar-refractivity contribution in [3.05, 3.63) is 36.9 Å². The number of phosphoric ester groups is 2. The van der Waals surface area contributed by atoms with E-state index in [-0.39, 0.29) is 36.4 Å². The van der Waals surface area contributed by atoms with Crippen LogP contribution in [0.5, 0.6) is 0 Å². The van der Waals surface area contributed by atoms with Gasteiger partial charge in [-0.05, 0) is 0 Å². The Morgan fingerprint density at radius 2 is 2.02 bits per heavy atom. The molecule has 214 valence electrons. The summed E-state index contributed by atoms with van der Waals surface area (Å²) >= 11 is 0. The topological polar surface area (TPSA) is 233 Å². The van der Waals surface area contributed by atoms with Crippen molar-refractivity contribution in [2.75, 3.05) is 13.2 Å². The molecule has 3 aromatic rings. The van der Waals surface area contributed by atoms with Gasteiger partial charge in [-0.25, -0.2) is 33.5 Å². The van der Waals surface area contributed by atoms with Gasteiger partial charge in [-0.2, -0.15) is 4.99 Å². The first kappa shape index (κ1) is 27.1. The molecule has 3 aromatic heterocycles. The Bertz CT molecular complexity index is 1610. The number of fused-ring (bicyclic) bond motifs is 6. The van der Waals surface area contributed by atoms with Crippen LogP contribution in [-0.2, 0) is 45.1 Å². The van der Waals surface area contributed by atoms with Crippen molar-refractivity contribution in [2.45, 2.75) is 37.8 Å². The molecule has 0 amide bonds. The van der Waals surface area contributed by atoms with Crippen LogP contribution >= 0.6 is 15.6 Å². The number of nitrogens with zero attached hydrogens (tertiary/aromatic N) is 7. The number of hydrogen-bond donors (Lipinski definition) is 4. The number of aliphatic imine (C=N–C) groups is 1. The van der Waals surface area contributed by atoms with Gasteiger partial charge in [0.1, 0.15) is 42.2 Å². The highest BCUT2D eigenvalue weighted by atomic mass is 31.2. The van der Waals surface area contributed by atoms with Crippen LogP contribution in [0.3, 0.4) is 0 Å². The second-order valence-corrected chi connectivity index (χ2v) is 11.6. The average Bonchev–Trinajstić information content (AvgIpc) is 3.55. The summed E-state index contributed by atoms with van der Waals surface area (Å²) in [5.41, 5.74) is 6.96. The fourth-order valence-corrected chi connectivity index (χ4v) is 6.02. The molecule has 3 aliphatic heterocycles. The maximum atomic E-state index is 15.7. The minimum absolute atomic E-state index is 0.0389. The third-order valence-electron chi connectivity index (χ3n) is 6.17. The largest absolute Gasteiger partial charge is 0.473 e. The van der Waals surface area contributed by atoms with Crippen LogP contribution in [0.25, 0.3) is 16.9 Å². The average molecular weight is 601 g/mol. The Morgan fingerprint density at radius 3 is 2.85 bits per heavy atom. The molecule has 0 radical (unpaired) electrons. The van der Waals surface area contributed by atoms with E-state index >= 15 is 4.39 Å². The minimum Gasteiger partial charge on any atom is -0.369 e. The molecule has 6 heterocycles. The first-order chi connectivity index (χ1) is 19.0. The van der Waals surface area contributed by atoms with Crippen molar-refractivity contribution in [2.24, 2.45) is 10.7 Å². The van der Waals surface area contributed by atoms with Gasteiger partial charge in [0.05, 0.1) is 31.4 Å². The van der Waals surface area contributed by atoms with Crippen LogP contribution in [0.15, 0.2) is 30.4 Å². The van der Waals surface area contributed by atoms with Gasteiger partial charge in [0, 0.05) is 6.54 Å². The van der Waals surface area contributed by atoms with Crippen LogP contribution in [-0.4, -0.2) is 76.4 Å². The maximum absolute atomic E-state index is 15.7. The summed E-state index contributed by atoms with van der Waals surface area (Å²) in [6.45, 7) is 2.01. The third-order valence-corrected chi connectivity index (χ3v) is 8.12. The molecule has 18 nitrogen and oxygen atoms in total. The Balaban J connectivity index is 1.36. The van der Waals surface area contributed by atoms with Crippen LogP contribution in [0.1, 0.15) is 17.7 Å². The van der Waals surface area contributed by atoms with E-state index in [1.165, 1.54) is 28.0 Å². The summed E-state index contributed by atoms with van der Waals surface area (Å²) in [6, 6.07) is 0. The molecule has 2 bridgehead atoms. The highest BCUT2D eigenvalue weighted by Crippen LogP contribution is 2.52. The predicted octanol–water partition coefficient (Wildman–Crippen LogP) is 0.628. The number of nitrogens with two attached hydrogens (primary N) is 1. The lowest BCUT2D eigenvalue weighted by atomic mass is 10.1. The van der Waals surface area contributed by atoms with Crippen molar-refractivity contribution >= 4 is 44.3 Å². The van der Waals surface area contributed by atoms with Crippen molar-refractivity contribution in [1.82, 2.24) is 34.4 Å². The second kappa shape index (κ2) is 10.1. The number of alkyl halides is 1. The SMILES string of the molecule is C=C1NC(N)=Nc2c1ncn2[C@@H]1O[C@@H]2COP(=O)(O)OCCn3c(nc4cncnc43)COP(=O)(O)O[C@@H]1[C@@H]2F. The smallest absolute Gasteiger partial charge is 0.369 e. The van der Waals surface area contributed by atoms with Gasteiger partial charge in [0.2, 0.25) is 0 Å². The lowest BCUT2D eigenvalue weighted by molar-refractivity contribution is -0.0516. The summed E-state index contributed by atoms with van der Waals surface area (Å²) in [5.74, 6) is 0.152. The quantitative estimate of drug-likeness (QED) is 0.280. The van der Waals surface area contributed by atoms with E-state index in [4.69, 9.17) is 28.6 Å². The molecule has 0 aromatic carbocycles. The van der Waals surface area contributed by atoms with E-state index < -0.39 is 53.5 Å². The van der Waals surface area contributed by atoms with Crippen LogP contribution in [0.2, 0.25) is 0 Å². The summed E-state index contributed by atoms with van der Waals surface area (Å²) in [7, 11) is -9.68. The number of rotatable bonds is 1. The van der Waals surface area contributed by atoms with E-state index in [1.54, 1.807) is 0 Å². The van der Waals surface area contributed by atoms with Gasteiger partial charge >= 0.3 is 15.6 Å². The second-order valence-electron chi connectivity index (χ2n) is 8.75. The van der Waals surface area contributed by atoms with Crippen molar-refractivity contribution in [3.63, 3.8) is 0 Å². The maximum Gasteiger partial charge on any atom is 0.473 e. The molecular weight excluding hydrogens is 579 g/mol. The van der Waals surface area contributed by atoms with E-state index in [2.05, 4.69) is 36.8 Å². The third kappa shape index (κ3) is 5.07. The zero-order valence-electron chi connectivity index (χ0n) is 20.3. The van der Waals surface area contributed by atoms with Crippen LogP contribution < -0.4 is 11.1 Å². The summed E-state index contributed by atoms with van der Waals surface area (Å²) < 4.78 is 70.2. The molecule has 21 heteroatoms. The number of hydrogen-bond acceptors (Lipinski definition) is 14. The fourth-order valence-electron chi connectivity index (χ4n) is 4.43. The highest BCUT2D eigenvalue weighted by Gasteiger charge is 2.52. The predicted molar refractivity (Wildman–Crippen MR) is 131 cm³/mol. The molecule has 3 aliphatic rings. The van der Waals surface area contributed by atoms with Crippen LogP contribution in [0.4, 0.5) is 10.2 Å². The first-order valence-electron chi connectivity index (χ1n) is 11.6. The van der Waals surface area contributed by atoms with Gasteiger partial charge in [0.15, 0.2) is 29.8 Å². The number of halogens is 1. The number of imidazole rings is 2. The Labute approximate surface area is 223 Å². The van der Waals surface area contributed by atoms with E-state index in [1.807, 2.05) is 0 Å². The van der Waals surface area contributed by atoms with Crippen molar-refractivity contribution in [1.29, 1.82) is 0 Å². The minimum atomic E-state index is -4.98. The summed E-state index contributed by atoms with van der Waals surface area (Å²) in [4.78, 5) is 41.4. The number of aromatic nitrogens is 6. The van der Waals surface area contributed by atoms with Crippen molar-refractivity contribution in [3.8, 4) is 0 Å². The van der Waals surface area contributed by atoms with Gasteiger partial charge in [-0.15, -0.1) is 0 Å². The molecule has 5 N–H and O–H groups in total. The molecule has 2 unspecified atom stereocenters. The molecule has 0 saturated carbocycles. The normalized spacial score (nSPS) is 33.4. The molecule has 1 saturated heterocycles. The molecule has 1 fully saturated rings. The number of phosphoric acid groups is 2. The van der Waals surface area contributed by atoms with Gasteiger partial charge in [0.25, 0.3) is 0 Å². The monoisotopic (exact) mass is 601 g/mol. The Kier molecular flexibility index (Phi) is 6.81. The van der Waals surface area contributed by atoms with Gasteiger partial charge in [-0.1, -0.05) is 6.58 Å². The zero-order valence-corrected chi connectivity index (χ0v) is 22.1. The molecular formula is C19H22FN9O9P2. The molecule has 40 heavy (non-hydrogen) atoms. The van der Waals surface area contributed by atoms with E-state index in [9.17, 15) is 18.9 Å². The zero-order chi connectivity index (χ0) is 28.2. The Morgan fingerprint density at radius 1 is 1.20 bits per heavy atom. The lowest BCUT2D eigenvalue weighted by Crippen LogP contribution is -2.33. The van der Waals surface area contributed by atoms with E-state index in [0.717, 1.165) is 0 Å². The fraction of sp³-hybridized carbons (Fsp3) is 0.421.